The molecule has 22 heavy (non-hydrogen) atoms. The van der Waals surface area contributed by atoms with Gasteiger partial charge in [-0.1, -0.05) is 44.0 Å². The average Bonchev–Trinajstić information content (AvgIpc) is 2.46. The molecule has 4 heteroatoms. The molecule has 0 aliphatic carbocycles. The Morgan fingerprint density at radius 3 is 2.23 bits per heavy atom. The minimum Gasteiger partial charge on any atom is -0.294 e. The summed E-state index contributed by atoms with van der Waals surface area (Å²) < 4.78 is 24.6. The Balaban J connectivity index is 1.76. The summed E-state index contributed by atoms with van der Waals surface area (Å²) in [6.07, 6.45) is 5.62. The van der Waals surface area contributed by atoms with Crippen LogP contribution in [0.15, 0.2) is 24.3 Å². The minimum atomic E-state index is -2.98. The first kappa shape index (κ1) is 15.7. The average molecular weight is 320 g/mol. The minimum absolute atomic E-state index is 0.115. The third-order valence-electron chi connectivity index (χ3n) is 5.22. The van der Waals surface area contributed by atoms with Crippen LogP contribution in [0.3, 0.4) is 0 Å². The van der Waals surface area contributed by atoms with Crippen molar-refractivity contribution in [3.63, 3.8) is 0 Å². The van der Waals surface area contributed by atoms with Gasteiger partial charge in [-0.15, -0.1) is 0 Å². The maximum absolute atomic E-state index is 12.7. The lowest BCUT2D eigenvalue weighted by atomic mass is 9.84. The van der Waals surface area contributed by atoms with E-state index in [1.165, 1.54) is 5.56 Å². The van der Waals surface area contributed by atoms with Gasteiger partial charge < -0.3 is 0 Å². The number of aryl methyl sites for hydroxylation is 1. The molecule has 3 rings (SSSR count). The van der Waals surface area contributed by atoms with Gasteiger partial charge in [-0.2, -0.15) is 0 Å². The molecule has 0 N–H and O–H groups in total. The predicted octanol–water partition coefficient (Wildman–Crippen LogP) is 3.57. The molecular weight excluding hydrogens is 296 g/mol. The number of fused-ring (bicyclic) bond motifs is 2. The van der Waals surface area contributed by atoms with E-state index in [0.29, 0.717) is 12.8 Å². The lowest BCUT2D eigenvalue weighted by Crippen LogP contribution is -2.45. The molecule has 2 atom stereocenters. The summed E-state index contributed by atoms with van der Waals surface area (Å²) in [7, 11) is -2.98. The number of hydrogen-bond acceptors (Lipinski definition) is 3. The van der Waals surface area contributed by atoms with Gasteiger partial charge in [-0.05, 0) is 37.7 Å². The zero-order valence-electron chi connectivity index (χ0n) is 13.1. The highest BCUT2D eigenvalue weighted by atomic mass is 32.2. The first-order valence-corrected chi connectivity index (χ1v) is 9.99. The summed E-state index contributed by atoms with van der Waals surface area (Å²) in [5, 5.41) is -0.568. The fourth-order valence-electron chi connectivity index (χ4n) is 3.98. The van der Waals surface area contributed by atoms with E-state index in [0.717, 1.165) is 37.7 Å². The Hall–Kier alpha value is -1.16. The first-order chi connectivity index (χ1) is 10.5. The molecule has 2 bridgehead atoms. The van der Waals surface area contributed by atoms with Gasteiger partial charge in [0.05, 0.1) is 10.5 Å². The van der Waals surface area contributed by atoms with Gasteiger partial charge in [0.25, 0.3) is 0 Å². The van der Waals surface area contributed by atoms with Gasteiger partial charge in [-0.25, -0.2) is 8.42 Å². The third-order valence-corrected chi connectivity index (χ3v) is 7.94. The monoisotopic (exact) mass is 320 g/mol. The van der Waals surface area contributed by atoms with Gasteiger partial charge in [0, 0.05) is 11.5 Å². The molecule has 2 saturated heterocycles. The van der Waals surface area contributed by atoms with Crippen molar-refractivity contribution in [3.05, 3.63) is 35.4 Å². The van der Waals surface area contributed by atoms with E-state index in [9.17, 15) is 13.2 Å². The van der Waals surface area contributed by atoms with Gasteiger partial charge >= 0.3 is 0 Å². The van der Waals surface area contributed by atoms with Gasteiger partial charge in [-0.3, -0.25) is 4.79 Å². The van der Waals surface area contributed by atoms with Crippen LogP contribution in [0.2, 0.25) is 0 Å². The standard InChI is InChI=1S/C18H24O3S/c1-2-4-13-7-9-14(10-8-13)18(19)15-11-16-5-3-6-17(12-15)22(16,20)21/h7-10,15-17H,2-6,11-12H2,1H3. The molecular formula is C18H24O3S. The maximum Gasteiger partial charge on any atom is 0.166 e. The zero-order chi connectivity index (χ0) is 15.7. The Bertz CT molecular complexity index is 625. The van der Waals surface area contributed by atoms with E-state index < -0.39 is 9.84 Å². The summed E-state index contributed by atoms with van der Waals surface area (Å²) in [6.45, 7) is 2.14. The Kier molecular flexibility index (Phi) is 4.40. The van der Waals surface area contributed by atoms with Crippen molar-refractivity contribution in [2.24, 2.45) is 5.92 Å². The SMILES string of the molecule is CCCc1ccc(C(=O)C2CC3CCCC(C2)S3(=O)=O)cc1. The molecule has 1 aromatic rings. The van der Waals surface area contributed by atoms with Crippen LogP contribution in [0, 0.1) is 5.92 Å². The molecule has 2 aliphatic rings. The maximum atomic E-state index is 12.7. The molecule has 2 aliphatic heterocycles. The molecule has 3 nitrogen and oxygen atoms in total. The number of ketones is 1. The molecule has 2 unspecified atom stereocenters. The van der Waals surface area contributed by atoms with Crippen molar-refractivity contribution in [2.75, 3.05) is 0 Å². The molecule has 0 saturated carbocycles. The van der Waals surface area contributed by atoms with Crippen LogP contribution >= 0.6 is 0 Å². The second kappa shape index (κ2) is 6.15. The topological polar surface area (TPSA) is 51.2 Å². The molecule has 0 amide bonds. The molecule has 120 valence electrons. The van der Waals surface area contributed by atoms with E-state index in [-0.39, 0.29) is 22.2 Å². The number of benzene rings is 1. The van der Waals surface area contributed by atoms with Crippen LogP contribution < -0.4 is 0 Å². The van der Waals surface area contributed by atoms with Gasteiger partial charge in [0.15, 0.2) is 15.6 Å². The second-order valence-electron chi connectivity index (χ2n) is 6.74. The second-order valence-corrected chi connectivity index (χ2v) is 9.25. The summed E-state index contributed by atoms with van der Waals surface area (Å²) in [4.78, 5) is 12.7. The smallest absolute Gasteiger partial charge is 0.166 e. The lowest BCUT2D eigenvalue weighted by molar-refractivity contribution is 0.0894. The van der Waals surface area contributed by atoms with E-state index in [4.69, 9.17) is 0 Å². The number of rotatable bonds is 4. The van der Waals surface area contributed by atoms with Crippen molar-refractivity contribution in [2.45, 2.75) is 62.4 Å². The quantitative estimate of drug-likeness (QED) is 0.797. The van der Waals surface area contributed by atoms with E-state index >= 15 is 0 Å². The number of hydrogen-bond donors (Lipinski definition) is 0. The Morgan fingerprint density at radius 2 is 1.68 bits per heavy atom. The van der Waals surface area contributed by atoms with Crippen LogP contribution in [-0.4, -0.2) is 24.7 Å². The van der Waals surface area contributed by atoms with Crippen LogP contribution in [0.1, 0.15) is 61.4 Å². The molecule has 1 aromatic carbocycles. The van der Waals surface area contributed by atoms with Crippen molar-refractivity contribution in [1.29, 1.82) is 0 Å². The predicted molar refractivity (Wildman–Crippen MR) is 87.8 cm³/mol. The van der Waals surface area contributed by atoms with Gasteiger partial charge in [0.1, 0.15) is 0 Å². The molecule has 0 radical (unpaired) electrons. The number of sulfone groups is 1. The van der Waals surface area contributed by atoms with Gasteiger partial charge in [0.2, 0.25) is 0 Å². The first-order valence-electron chi connectivity index (χ1n) is 8.38. The van der Waals surface area contributed by atoms with Crippen molar-refractivity contribution >= 4 is 15.6 Å². The van der Waals surface area contributed by atoms with E-state index in [1.807, 2.05) is 24.3 Å². The molecule has 0 spiro atoms. The molecule has 2 heterocycles. The summed E-state index contributed by atoms with van der Waals surface area (Å²) in [6, 6.07) is 7.87. The third kappa shape index (κ3) is 2.85. The van der Waals surface area contributed by atoms with Crippen LogP contribution in [0.4, 0.5) is 0 Å². The number of carbonyl (C=O) groups is 1. The Morgan fingerprint density at radius 1 is 1.09 bits per heavy atom. The van der Waals surface area contributed by atoms with E-state index in [2.05, 4.69) is 6.92 Å². The van der Waals surface area contributed by atoms with Crippen LogP contribution in [0.25, 0.3) is 0 Å². The largest absolute Gasteiger partial charge is 0.294 e. The van der Waals surface area contributed by atoms with Crippen LogP contribution in [0.5, 0.6) is 0 Å². The molecule has 0 aromatic heterocycles. The zero-order valence-corrected chi connectivity index (χ0v) is 13.9. The van der Waals surface area contributed by atoms with Crippen molar-refractivity contribution in [1.82, 2.24) is 0 Å². The molecule has 2 fully saturated rings. The summed E-state index contributed by atoms with van der Waals surface area (Å²) >= 11 is 0. The lowest BCUT2D eigenvalue weighted by Gasteiger charge is -2.38. The normalized spacial score (nSPS) is 30.0. The van der Waals surface area contributed by atoms with Crippen molar-refractivity contribution in [3.8, 4) is 0 Å². The highest BCUT2D eigenvalue weighted by Crippen LogP contribution is 2.40. The Labute approximate surface area is 133 Å². The van der Waals surface area contributed by atoms with Crippen LogP contribution in [-0.2, 0) is 16.3 Å². The number of Topliss-reactive ketones (excluding diaryl/α,β-unsaturated/α-hetero) is 1. The fourth-order valence-corrected chi connectivity index (χ4v) is 6.52. The number of carbonyl (C=O) groups excluding carboxylic acids is 1. The summed E-state index contributed by atoms with van der Waals surface area (Å²) in [5.74, 6) is 0.0192. The summed E-state index contributed by atoms with van der Waals surface area (Å²) in [5.41, 5.74) is 1.99. The highest BCUT2D eigenvalue weighted by Gasteiger charge is 2.45. The van der Waals surface area contributed by atoms with Crippen molar-refractivity contribution < 1.29 is 13.2 Å². The van der Waals surface area contributed by atoms with E-state index in [1.54, 1.807) is 0 Å². The fraction of sp³-hybridized carbons (Fsp3) is 0.611. The highest BCUT2D eigenvalue weighted by molar-refractivity contribution is 7.92.